The number of halogens is 1. The molecule has 1 aliphatic rings. The van der Waals surface area contributed by atoms with Crippen molar-refractivity contribution in [1.82, 2.24) is 15.0 Å². The molecule has 0 spiro atoms. The smallest absolute Gasteiger partial charge is 0.246 e. The minimum atomic E-state index is -0.0268. The van der Waals surface area contributed by atoms with Crippen molar-refractivity contribution < 1.29 is 18.8 Å². The molecule has 1 aromatic heterocycles. The number of nitrogens with zero attached hydrogens (tertiary/aromatic N) is 3. The number of benzene rings is 1. The van der Waals surface area contributed by atoms with Gasteiger partial charge in [0, 0.05) is 38.3 Å². The van der Waals surface area contributed by atoms with E-state index in [0.29, 0.717) is 36.2 Å². The van der Waals surface area contributed by atoms with Gasteiger partial charge in [0.15, 0.2) is 17.3 Å². The van der Waals surface area contributed by atoms with Crippen LogP contribution in [0.1, 0.15) is 17.0 Å². The topological polar surface area (TPSA) is 68.0 Å². The number of hydrogen-bond donors (Lipinski definition) is 0. The van der Waals surface area contributed by atoms with E-state index in [4.69, 9.17) is 25.6 Å². The lowest BCUT2D eigenvalue weighted by molar-refractivity contribution is -0.127. The number of aryl methyl sites for hydroxylation is 1. The Labute approximate surface area is 169 Å². The van der Waals surface area contributed by atoms with Crippen molar-refractivity contribution in [3.63, 3.8) is 0 Å². The molecule has 0 bridgehead atoms. The van der Waals surface area contributed by atoms with E-state index in [0.717, 1.165) is 30.1 Å². The van der Waals surface area contributed by atoms with Crippen molar-refractivity contribution in [1.29, 1.82) is 0 Å². The zero-order valence-electron chi connectivity index (χ0n) is 16.3. The normalized spacial score (nSPS) is 15.2. The maximum absolute atomic E-state index is 12.5. The van der Waals surface area contributed by atoms with Crippen molar-refractivity contribution in [2.24, 2.45) is 0 Å². The fourth-order valence-corrected chi connectivity index (χ4v) is 3.44. The standard InChI is InChI=1S/C20H24ClN3O4/c1-14-10-16(28-22-14)13-23-6-8-24(9-7-23)19(25)5-4-15-11-17(21)20(27-3)18(12-15)26-2/h4-5,10-12H,6-9,13H2,1-3H3/b5-4+. The van der Waals surface area contributed by atoms with Crippen molar-refractivity contribution in [2.75, 3.05) is 40.4 Å². The summed E-state index contributed by atoms with van der Waals surface area (Å²) in [6, 6.07) is 5.46. The summed E-state index contributed by atoms with van der Waals surface area (Å²) in [6.07, 6.45) is 3.30. The molecule has 0 saturated carbocycles. The summed E-state index contributed by atoms with van der Waals surface area (Å²) in [6.45, 7) is 5.54. The molecule has 28 heavy (non-hydrogen) atoms. The molecule has 7 nitrogen and oxygen atoms in total. The zero-order chi connectivity index (χ0) is 20.1. The van der Waals surface area contributed by atoms with Crippen molar-refractivity contribution >= 4 is 23.6 Å². The van der Waals surface area contributed by atoms with E-state index in [1.165, 1.54) is 7.11 Å². The van der Waals surface area contributed by atoms with Crippen LogP contribution in [0.15, 0.2) is 28.8 Å². The summed E-state index contributed by atoms with van der Waals surface area (Å²) in [7, 11) is 3.08. The number of aromatic nitrogens is 1. The Morgan fingerprint density at radius 1 is 1.21 bits per heavy atom. The second-order valence-corrected chi connectivity index (χ2v) is 7.01. The van der Waals surface area contributed by atoms with Crippen LogP contribution in [0.2, 0.25) is 5.02 Å². The number of amides is 1. The summed E-state index contributed by atoms with van der Waals surface area (Å²) in [5.41, 5.74) is 1.65. The van der Waals surface area contributed by atoms with E-state index in [9.17, 15) is 4.79 Å². The van der Waals surface area contributed by atoms with E-state index in [-0.39, 0.29) is 5.91 Å². The highest BCUT2D eigenvalue weighted by Crippen LogP contribution is 2.36. The molecular formula is C20H24ClN3O4. The molecule has 1 aliphatic heterocycles. The molecular weight excluding hydrogens is 382 g/mol. The van der Waals surface area contributed by atoms with E-state index in [1.807, 2.05) is 17.9 Å². The van der Waals surface area contributed by atoms with Crippen molar-refractivity contribution in [3.05, 3.63) is 46.3 Å². The number of ether oxygens (including phenoxy) is 2. The van der Waals surface area contributed by atoms with Gasteiger partial charge < -0.3 is 18.9 Å². The Balaban J connectivity index is 1.56. The number of methoxy groups -OCH3 is 2. The summed E-state index contributed by atoms with van der Waals surface area (Å²) in [5, 5.41) is 4.34. The quantitative estimate of drug-likeness (QED) is 0.688. The molecule has 2 aromatic rings. The third-order valence-electron chi connectivity index (χ3n) is 4.61. The van der Waals surface area contributed by atoms with E-state index in [1.54, 1.807) is 31.4 Å². The highest BCUT2D eigenvalue weighted by molar-refractivity contribution is 6.32. The molecule has 1 amide bonds. The van der Waals surface area contributed by atoms with E-state index < -0.39 is 0 Å². The lowest BCUT2D eigenvalue weighted by Crippen LogP contribution is -2.47. The van der Waals surface area contributed by atoms with Crippen LogP contribution in [0.3, 0.4) is 0 Å². The Morgan fingerprint density at radius 2 is 1.96 bits per heavy atom. The molecule has 3 rings (SSSR count). The van der Waals surface area contributed by atoms with Crippen LogP contribution in [-0.2, 0) is 11.3 Å². The average Bonchev–Trinajstić information content (AvgIpc) is 3.10. The van der Waals surface area contributed by atoms with E-state index >= 15 is 0 Å². The van der Waals surface area contributed by atoms with Crippen LogP contribution >= 0.6 is 11.6 Å². The second kappa shape index (κ2) is 9.12. The number of rotatable bonds is 6. The Morgan fingerprint density at radius 3 is 2.57 bits per heavy atom. The van der Waals surface area contributed by atoms with Gasteiger partial charge in [-0.05, 0) is 30.7 Å². The number of carbonyl (C=O) groups excluding carboxylic acids is 1. The predicted octanol–water partition coefficient (Wildman–Crippen LogP) is 3.01. The molecule has 1 fully saturated rings. The highest BCUT2D eigenvalue weighted by atomic mass is 35.5. The summed E-state index contributed by atoms with van der Waals surface area (Å²) in [4.78, 5) is 16.6. The summed E-state index contributed by atoms with van der Waals surface area (Å²) >= 11 is 6.21. The first-order valence-electron chi connectivity index (χ1n) is 9.03. The minimum Gasteiger partial charge on any atom is -0.493 e. The third-order valence-corrected chi connectivity index (χ3v) is 4.90. The lowest BCUT2D eigenvalue weighted by Gasteiger charge is -2.33. The molecule has 1 aromatic carbocycles. The zero-order valence-corrected chi connectivity index (χ0v) is 17.0. The summed E-state index contributed by atoms with van der Waals surface area (Å²) in [5.74, 6) is 1.83. The van der Waals surface area contributed by atoms with Crippen LogP contribution in [-0.4, -0.2) is 61.3 Å². The van der Waals surface area contributed by atoms with Gasteiger partial charge in [0.25, 0.3) is 0 Å². The molecule has 0 radical (unpaired) electrons. The van der Waals surface area contributed by atoms with Gasteiger partial charge in [-0.15, -0.1) is 0 Å². The maximum Gasteiger partial charge on any atom is 0.246 e. The molecule has 2 heterocycles. The average molecular weight is 406 g/mol. The summed E-state index contributed by atoms with van der Waals surface area (Å²) < 4.78 is 15.8. The maximum atomic E-state index is 12.5. The van der Waals surface area contributed by atoms with Gasteiger partial charge in [-0.1, -0.05) is 16.8 Å². The van der Waals surface area contributed by atoms with Crippen LogP contribution in [0.5, 0.6) is 11.5 Å². The van der Waals surface area contributed by atoms with Crippen LogP contribution in [0.25, 0.3) is 6.08 Å². The fourth-order valence-electron chi connectivity index (χ4n) is 3.14. The van der Waals surface area contributed by atoms with Gasteiger partial charge in [0.2, 0.25) is 5.91 Å². The van der Waals surface area contributed by atoms with E-state index in [2.05, 4.69) is 10.1 Å². The van der Waals surface area contributed by atoms with Gasteiger partial charge in [0.05, 0.1) is 31.5 Å². The molecule has 150 valence electrons. The molecule has 0 N–H and O–H groups in total. The Kier molecular flexibility index (Phi) is 6.59. The third kappa shape index (κ3) is 4.85. The van der Waals surface area contributed by atoms with Crippen molar-refractivity contribution in [2.45, 2.75) is 13.5 Å². The van der Waals surface area contributed by atoms with Crippen LogP contribution < -0.4 is 9.47 Å². The Bertz CT molecular complexity index is 857. The predicted molar refractivity (Wildman–Crippen MR) is 107 cm³/mol. The van der Waals surface area contributed by atoms with Gasteiger partial charge in [-0.3, -0.25) is 9.69 Å². The van der Waals surface area contributed by atoms with Gasteiger partial charge in [-0.25, -0.2) is 0 Å². The SMILES string of the molecule is COc1cc(/C=C/C(=O)N2CCN(Cc3cc(C)no3)CC2)cc(Cl)c1OC. The number of piperazine rings is 1. The monoisotopic (exact) mass is 405 g/mol. The Hall–Kier alpha value is -2.51. The number of carbonyl (C=O) groups is 1. The van der Waals surface area contributed by atoms with Gasteiger partial charge in [0.1, 0.15) is 0 Å². The molecule has 0 aliphatic carbocycles. The first kappa shape index (κ1) is 20.2. The van der Waals surface area contributed by atoms with Crippen LogP contribution in [0.4, 0.5) is 0 Å². The van der Waals surface area contributed by atoms with Gasteiger partial charge >= 0.3 is 0 Å². The van der Waals surface area contributed by atoms with Crippen LogP contribution in [0, 0.1) is 6.92 Å². The van der Waals surface area contributed by atoms with Crippen molar-refractivity contribution in [3.8, 4) is 11.5 Å². The fraction of sp³-hybridized carbons (Fsp3) is 0.400. The second-order valence-electron chi connectivity index (χ2n) is 6.61. The molecule has 1 saturated heterocycles. The first-order chi connectivity index (χ1) is 13.5. The molecule has 0 atom stereocenters. The lowest BCUT2D eigenvalue weighted by atomic mass is 10.1. The molecule has 8 heteroatoms. The molecule has 0 unspecified atom stereocenters. The van der Waals surface area contributed by atoms with Gasteiger partial charge in [-0.2, -0.15) is 0 Å². The highest BCUT2D eigenvalue weighted by Gasteiger charge is 2.20. The minimum absolute atomic E-state index is 0.0268. The first-order valence-corrected chi connectivity index (χ1v) is 9.41. The largest absolute Gasteiger partial charge is 0.493 e. The number of hydrogen-bond acceptors (Lipinski definition) is 6.